The molecule has 100 valence electrons. The molecule has 4 rings (SSSR count). The van der Waals surface area contributed by atoms with E-state index in [0.29, 0.717) is 5.39 Å². The van der Waals surface area contributed by atoms with E-state index in [-0.39, 0.29) is 5.82 Å². The molecule has 4 heteroatoms. The quantitative estimate of drug-likeness (QED) is 0.784. The summed E-state index contributed by atoms with van der Waals surface area (Å²) >= 11 is 1.71. The van der Waals surface area contributed by atoms with Crippen LogP contribution in [0.25, 0.3) is 16.5 Å². The molecule has 0 atom stereocenters. The van der Waals surface area contributed by atoms with Crippen LogP contribution in [0.3, 0.4) is 0 Å². The van der Waals surface area contributed by atoms with Crippen LogP contribution in [0, 0.1) is 5.82 Å². The average Bonchev–Trinajstić information content (AvgIpc) is 3.01. The fraction of sp³-hybridized carbons (Fsp3) is 0.188. The molecule has 2 aromatic rings. The minimum Gasteiger partial charge on any atom is -0.318 e. The van der Waals surface area contributed by atoms with Crippen LogP contribution in [0.15, 0.2) is 46.3 Å². The minimum atomic E-state index is -0.163. The van der Waals surface area contributed by atoms with Crippen molar-refractivity contribution < 1.29 is 4.39 Å². The van der Waals surface area contributed by atoms with E-state index < -0.39 is 0 Å². The second-order valence-corrected chi connectivity index (χ2v) is 6.14. The van der Waals surface area contributed by atoms with E-state index in [1.165, 1.54) is 10.6 Å². The Morgan fingerprint density at radius 2 is 1.95 bits per heavy atom. The van der Waals surface area contributed by atoms with Crippen molar-refractivity contribution in [1.82, 2.24) is 4.90 Å². The molecular formula is C16H13FN2S. The van der Waals surface area contributed by atoms with Gasteiger partial charge in [0.1, 0.15) is 5.82 Å². The lowest BCUT2D eigenvalue weighted by Gasteiger charge is -2.19. The summed E-state index contributed by atoms with van der Waals surface area (Å²) in [5, 5.41) is 2.72. The summed E-state index contributed by atoms with van der Waals surface area (Å²) in [6.45, 7) is 3.87. The van der Waals surface area contributed by atoms with Gasteiger partial charge in [0.25, 0.3) is 0 Å². The average molecular weight is 284 g/mol. The smallest absolute Gasteiger partial charge is 0.168 e. The van der Waals surface area contributed by atoms with Gasteiger partial charge < -0.3 is 4.90 Å². The van der Waals surface area contributed by atoms with Crippen molar-refractivity contribution in [2.24, 2.45) is 4.99 Å². The van der Waals surface area contributed by atoms with Crippen molar-refractivity contribution in [1.29, 1.82) is 0 Å². The van der Waals surface area contributed by atoms with Crippen molar-refractivity contribution in [2.45, 2.75) is 6.92 Å². The van der Waals surface area contributed by atoms with Crippen LogP contribution in [-0.4, -0.2) is 23.2 Å². The van der Waals surface area contributed by atoms with E-state index in [1.807, 2.05) is 30.3 Å². The molecule has 0 N–H and O–H groups in total. The first-order valence-corrected chi connectivity index (χ1v) is 7.46. The third kappa shape index (κ3) is 1.61. The van der Waals surface area contributed by atoms with Gasteiger partial charge in [-0.15, -0.1) is 0 Å². The number of hydrogen-bond acceptors (Lipinski definition) is 3. The Bertz CT molecular complexity index is 779. The van der Waals surface area contributed by atoms with Gasteiger partial charge in [0.05, 0.1) is 12.2 Å². The van der Waals surface area contributed by atoms with Gasteiger partial charge in [-0.1, -0.05) is 36.0 Å². The van der Waals surface area contributed by atoms with E-state index in [2.05, 4.69) is 16.8 Å². The predicted octanol–water partition coefficient (Wildman–Crippen LogP) is 4.09. The maximum absolute atomic E-state index is 14.0. The highest BCUT2D eigenvalue weighted by molar-refractivity contribution is 8.17. The fourth-order valence-electron chi connectivity index (χ4n) is 2.90. The van der Waals surface area contributed by atoms with Crippen molar-refractivity contribution in [3.63, 3.8) is 0 Å². The highest BCUT2D eigenvalue weighted by Crippen LogP contribution is 2.43. The first-order chi connectivity index (χ1) is 9.75. The van der Waals surface area contributed by atoms with Gasteiger partial charge in [0, 0.05) is 22.4 Å². The van der Waals surface area contributed by atoms with Gasteiger partial charge in [0.15, 0.2) is 5.17 Å². The Kier molecular flexibility index (Phi) is 2.60. The summed E-state index contributed by atoms with van der Waals surface area (Å²) in [5.41, 5.74) is 2.28. The Labute approximate surface area is 121 Å². The number of benzene rings is 2. The first-order valence-electron chi connectivity index (χ1n) is 6.64. The number of fused-ring (bicyclic) bond motifs is 2. The van der Waals surface area contributed by atoms with Crippen LogP contribution in [0.2, 0.25) is 0 Å². The van der Waals surface area contributed by atoms with Gasteiger partial charge in [-0.2, -0.15) is 0 Å². The molecule has 0 aliphatic carbocycles. The molecule has 2 nitrogen and oxygen atoms in total. The van der Waals surface area contributed by atoms with Crippen LogP contribution in [-0.2, 0) is 0 Å². The molecule has 2 heterocycles. The molecule has 2 aromatic carbocycles. The maximum atomic E-state index is 14.0. The van der Waals surface area contributed by atoms with Crippen LogP contribution >= 0.6 is 11.8 Å². The van der Waals surface area contributed by atoms with E-state index in [1.54, 1.807) is 17.8 Å². The van der Waals surface area contributed by atoms with Gasteiger partial charge >= 0.3 is 0 Å². The lowest BCUT2D eigenvalue weighted by molar-refractivity contribution is 0.637. The number of aliphatic imine (C=N–C) groups is 1. The van der Waals surface area contributed by atoms with Gasteiger partial charge in [-0.25, -0.2) is 4.39 Å². The van der Waals surface area contributed by atoms with Gasteiger partial charge in [-0.05, 0) is 24.4 Å². The number of nitrogens with zero attached hydrogens (tertiary/aromatic N) is 2. The van der Waals surface area contributed by atoms with E-state index in [9.17, 15) is 4.39 Å². The predicted molar refractivity (Wildman–Crippen MR) is 83.1 cm³/mol. The van der Waals surface area contributed by atoms with Crippen LogP contribution < -0.4 is 0 Å². The standard InChI is InChI=1S/C16H13FN2S/c1-10-15(19-9-8-18-16(19)20-10)13-6-7-14(17)12-5-3-2-4-11(12)13/h2-7H,8-9H2,1H3. The molecule has 0 spiro atoms. The number of hydrogen-bond donors (Lipinski definition) is 0. The summed E-state index contributed by atoms with van der Waals surface area (Å²) < 4.78 is 14.0. The molecule has 0 saturated heterocycles. The zero-order valence-corrected chi connectivity index (χ0v) is 11.9. The summed E-state index contributed by atoms with van der Waals surface area (Å²) in [6.07, 6.45) is 0. The molecule has 2 aliphatic rings. The molecule has 20 heavy (non-hydrogen) atoms. The number of allylic oxidation sites excluding steroid dienone is 1. The van der Waals surface area contributed by atoms with Gasteiger partial charge in [0.2, 0.25) is 0 Å². The molecule has 0 saturated carbocycles. The summed E-state index contributed by atoms with van der Waals surface area (Å²) in [5.74, 6) is -0.163. The first kappa shape index (κ1) is 12.0. The Hall–Kier alpha value is -1.81. The zero-order valence-electron chi connectivity index (χ0n) is 11.1. The zero-order chi connectivity index (χ0) is 13.7. The highest BCUT2D eigenvalue weighted by Gasteiger charge is 2.31. The summed E-state index contributed by atoms with van der Waals surface area (Å²) in [6, 6.07) is 11.1. The third-order valence-corrected chi connectivity index (χ3v) is 4.81. The summed E-state index contributed by atoms with van der Waals surface area (Å²) in [4.78, 5) is 8.00. The molecule has 0 unspecified atom stereocenters. The normalized spacial score (nSPS) is 17.9. The Balaban J connectivity index is 1.98. The largest absolute Gasteiger partial charge is 0.318 e. The van der Waals surface area contributed by atoms with Crippen molar-refractivity contribution in [3.05, 3.63) is 52.7 Å². The van der Waals surface area contributed by atoms with E-state index >= 15 is 0 Å². The molecular weight excluding hydrogens is 271 g/mol. The van der Waals surface area contributed by atoms with Crippen molar-refractivity contribution >= 4 is 33.4 Å². The second-order valence-electron chi connectivity index (χ2n) is 4.96. The monoisotopic (exact) mass is 284 g/mol. The SMILES string of the molecule is CC1=C(c2ccc(F)c3ccccc23)N2CCN=C2S1. The van der Waals surface area contributed by atoms with Gasteiger partial charge in [-0.3, -0.25) is 4.99 Å². The molecule has 0 aromatic heterocycles. The second kappa shape index (κ2) is 4.35. The molecule has 0 amide bonds. The molecule has 0 bridgehead atoms. The number of rotatable bonds is 1. The van der Waals surface area contributed by atoms with E-state index in [0.717, 1.165) is 29.2 Å². The molecule has 0 radical (unpaired) electrons. The minimum absolute atomic E-state index is 0.163. The summed E-state index contributed by atoms with van der Waals surface area (Å²) in [7, 11) is 0. The number of amidine groups is 1. The Morgan fingerprint density at radius 3 is 2.80 bits per heavy atom. The lowest BCUT2D eigenvalue weighted by Crippen LogP contribution is -2.20. The fourth-order valence-corrected chi connectivity index (χ4v) is 3.94. The highest BCUT2D eigenvalue weighted by atomic mass is 32.2. The van der Waals surface area contributed by atoms with Crippen LogP contribution in [0.5, 0.6) is 0 Å². The third-order valence-electron chi connectivity index (χ3n) is 3.78. The van der Waals surface area contributed by atoms with Crippen LogP contribution in [0.1, 0.15) is 12.5 Å². The molecule has 2 aliphatic heterocycles. The van der Waals surface area contributed by atoms with Crippen molar-refractivity contribution in [2.75, 3.05) is 13.1 Å². The number of halogens is 1. The van der Waals surface area contributed by atoms with E-state index in [4.69, 9.17) is 0 Å². The van der Waals surface area contributed by atoms with Crippen molar-refractivity contribution in [3.8, 4) is 0 Å². The number of thioether (sulfide) groups is 1. The topological polar surface area (TPSA) is 15.6 Å². The Morgan fingerprint density at radius 1 is 1.15 bits per heavy atom. The maximum Gasteiger partial charge on any atom is 0.168 e. The molecule has 0 fully saturated rings. The van der Waals surface area contributed by atoms with Crippen LogP contribution in [0.4, 0.5) is 4.39 Å². The lowest BCUT2D eigenvalue weighted by atomic mass is 10.0.